The Kier molecular flexibility index (Phi) is 4.73. The van der Waals surface area contributed by atoms with Gasteiger partial charge < -0.3 is 48.9 Å². The minimum Gasteiger partial charge on any atom is -0.504 e. The fourth-order valence-corrected chi connectivity index (χ4v) is 3.83. The van der Waals surface area contributed by atoms with Gasteiger partial charge in [-0.3, -0.25) is 0 Å². The first-order chi connectivity index (χ1) is 15.3. The van der Waals surface area contributed by atoms with E-state index in [4.69, 9.17) is 18.3 Å². The Hall–Kier alpha value is -3.35. The molecule has 168 valence electrons. The number of phenolic OH excluding ortho intramolecular Hbond substituents is 2. The summed E-state index contributed by atoms with van der Waals surface area (Å²) in [5.41, 5.74) is -0.657. The summed E-state index contributed by atoms with van der Waals surface area (Å²) in [6, 6.07) is 7.07. The summed E-state index contributed by atoms with van der Waals surface area (Å²) in [5, 5.41) is 59.7. The number of aliphatic hydroxyl groups excluding tert-OH is 4. The van der Waals surface area contributed by atoms with Crippen LogP contribution in [0, 0.1) is 0 Å². The Morgan fingerprint density at radius 3 is 2.41 bits per heavy atom. The van der Waals surface area contributed by atoms with Crippen LogP contribution >= 0.6 is 0 Å². The van der Waals surface area contributed by atoms with E-state index in [9.17, 15) is 35.4 Å². The highest BCUT2D eigenvalue weighted by atomic mass is 16.7. The van der Waals surface area contributed by atoms with E-state index in [1.807, 2.05) is 0 Å². The molecule has 5 atom stereocenters. The second kappa shape index (κ2) is 7.36. The third-order valence-corrected chi connectivity index (χ3v) is 5.52. The van der Waals surface area contributed by atoms with Crippen LogP contribution in [0.1, 0.15) is 0 Å². The first-order valence-corrected chi connectivity index (χ1v) is 9.61. The summed E-state index contributed by atoms with van der Waals surface area (Å²) in [6.45, 7) is -0.599. The highest BCUT2D eigenvalue weighted by molar-refractivity contribution is 6.14. The third-order valence-electron chi connectivity index (χ3n) is 5.52. The number of hydrogen-bond donors (Lipinski definition) is 6. The van der Waals surface area contributed by atoms with Crippen molar-refractivity contribution < 1.29 is 48.9 Å². The van der Waals surface area contributed by atoms with Gasteiger partial charge in [0.1, 0.15) is 41.1 Å². The number of aromatic hydroxyl groups is 2. The van der Waals surface area contributed by atoms with Crippen molar-refractivity contribution in [1.29, 1.82) is 0 Å². The van der Waals surface area contributed by atoms with Crippen LogP contribution in [-0.2, 0) is 4.74 Å². The molecule has 0 aliphatic carbocycles. The van der Waals surface area contributed by atoms with Crippen molar-refractivity contribution in [2.45, 2.75) is 30.7 Å². The largest absolute Gasteiger partial charge is 0.504 e. The van der Waals surface area contributed by atoms with E-state index in [1.165, 1.54) is 30.3 Å². The van der Waals surface area contributed by atoms with Crippen molar-refractivity contribution in [3.63, 3.8) is 0 Å². The number of fused-ring (bicyclic) bond motifs is 5. The van der Waals surface area contributed by atoms with Gasteiger partial charge in [0, 0.05) is 11.5 Å². The molecule has 11 heteroatoms. The van der Waals surface area contributed by atoms with E-state index in [0.29, 0.717) is 5.39 Å². The van der Waals surface area contributed by atoms with Gasteiger partial charge in [-0.15, -0.1) is 0 Å². The molecule has 1 saturated heterocycles. The SMILES string of the molecule is O=c1oc2c(O)c(O)ccc2c2oc3cc(O[C@H]4O[C@@H](CO)[C@H](O)[C@@H](O)[C@@H]4O)ccc3c12. The smallest absolute Gasteiger partial charge is 0.348 e. The van der Waals surface area contributed by atoms with Crippen LogP contribution in [0.2, 0.25) is 0 Å². The number of hydrogen-bond acceptors (Lipinski definition) is 11. The molecule has 0 radical (unpaired) electrons. The number of phenols is 2. The maximum absolute atomic E-state index is 12.5. The number of ether oxygens (including phenoxy) is 2. The van der Waals surface area contributed by atoms with Gasteiger partial charge in [-0.25, -0.2) is 4.79 Å². The topological polar surface area (TPSA) is 183 Å². The van der Waals surface area contributed by atoms with Gasteiger partial charge in [-0.05, 0) is 24.3 Å². The molecule has 0 saturated carbocycles. The highest BCUT2D eigenvalue weighted by Crippen LogP contribution is 2.39. The molecule has 0 bridgehead atoms. The maximum Gasteiger partial charge on any atom is 0.348 e. The molecule has 0 amide bonds. The van der Waals surface area contributed by atoms with Crippen LogP contribution < -0.4 is 10.4 Å². The van der Waals surface area contributed by atoms with Crippen LogP contribution in [0.25, 0.3) is 32.9 Å². The van der Waals surface area contributed by atoms with Gasteiger partial charge in [0.2, 0.25) is 12.0 Å². The van der Waals surface area contributed by atoms with Gasteiger partial charge in [-0.1, -0.05) is 0 Å². The highest BCUT2D eigenvalue weighted by Gasteiger charge is 2.44. The zero-order valence-corrected chi connectivity index (χ0v) is 16.2. The molecule has 3 heterocycles. The lowest BCUT2D eigenvalue weighted by atomic mass is 9.99. The first-order valence-electron chi connectivity index (χ1n) is 9.61. The minimum atomic E-state index is -1.60. The van der Waals surface area contributed by atoms with Crippen LogP contribution in [0.5, 0.6) is 17.2 Å². The Labute approximate surface area is 177 Å². The van der Waals surface area contributed by atoms with Crippen LogP contribution in [-0.4, -0.2) is 68.0 Å². The van der Waals surface area contributed by atoms with Gasteiger partial charge >= 0.3 is 5.63 Å². The number of furan rings is 1. The number of rotatable bonds is 3. The Morgan fingerprint density at radius 2 is 1.66 bits per heavy atom. The molecule has 2 aromatic heterocycles. The predicted molar refractivity (Wildman–Crippen MR) is 107 cm³/mol. The molecule has 5 rings (SSSR count). The van der Waals surface area contributed by atoms with E-state index < -0.39 is 54.4 Å². The van der Waals surface area contributed by atoms with Crippen molar-refractivity contribution >= 4 is 32.9 Å². The lowest BCUT2D eigenvalue weighted by molar-refractivity contribution is -0.277. The Bertz CT molecular complexity index is 1390. The molecule has 32 heavy (non-hydrogen) atoms. The van der Waals surface area contributed by atoms with Crippen molar-refractivity contribution in [3.8, 4) is 17.2 Å². The van der Waals surface area contributed by atoms with Gasteiger partial charge in [-0.2, -0.15) is 0 Å². The van der Waals surface area contributed by atoms with E-state index in [0.717, 1.165) is 0 Å². The quantitative estimate of drug-likeness (QED) is 0.188. The van der Waals surface area contributed by atoms with Gasteiger partial charge in [0.15, 0.2) is 16.9 Å². The molecule has 0 spiro atoms. The van der Waals surface area contributed by atoms with Crippen molar-refractivity contribution in [2.24, 2.45) is 0 Å². The molecule has 2 aromatic carbocycles. The predicted octanol–water partition coefficient (Wildman–Crippen LogP) is 0.282. The molecule has 1 aliphatic heterocycles. The summed E-state index contributed by atoms with van der Waals surface area (Å²) in [6.07, 6.45) is -7.23. The fourth-order valence-electron chi connectivity index (χ4n) is 3.83. The summed E-state index contributed by atoms with van der Waals surface area (Å²) in [7, 11) is 0. The summed E-state index contributed by atoms with van der Waals surface area (Å²) in [4.78, 5) is 12.5. The minimum absolute atomic E-state index is 0.122. The average molecular weight is 446 g/mol. The summed E-state index contributed by atoms with van der Waals surface area (Å²) in [5.74, 6) is -0.894. The first kappa shape index (κ1) is 20.5. The molecule has 6 N–H and O–H groups in total. The van der Waals surface area contributed by atoms with Crippen molar-refractivity contribution in [1.82, 2.24) is 0 Å². The zero-order valence-electron chi connectivity index (χ0n) is 16.2. The molecule has 4 aromatic rings. The third kappa shape index (κ3) is 2.98. The average Bonchev–Trinajstić information content (AvgIpc) is 3.16. The second-order valence-corrected chi connectivity index (χ2v) is 7.48. The van der Waals surface area contributed by atoms with E-state index in [1.54, 1.807) is 0 Å². The normalized spacial score (nSPS) is 26.2. The standard InChI is InChI=1S/C21H18O11/c22-6-12-15(25)16(26)17(27)21(31-12)29-7-1-2-8-11(5-7)30-18-9-3-4-10(23)14(24)19(9)32-20(28)13(8)18/h1-5,12,15-17,21-27H,6H2/t12-,15-,16+,17-,21-/m0/s1. The Morgan fingerprint density at radius 1 is 0.906 bits per heavy atom. The van der Waals surface area contributed by atoms with E-state index >= 15 is 0 Å². The lowest BCUT2D eigenvalue weighted by Gasteiger charge is -2.39. The molecule has 1 aliphatic rings. The maximum atomic E-state index is 12.5. The Balaban J connectivity index is 1.58. The fraction of sp³-hybridized carbons (Fsp3) is 0.286. The van der Waals surface area contributed by atoms with Crippen LogP contribution in [0.4, 0.5) is 0 Å². The summed E-state index contributed by atoms with van der Waals surface area (Å²) < 4.78 is 21.9. The number of aliphatic hydroxyl groups is 4. The van der Waals surface area contributed by atoms with Crippen LogP contribution in [0.15, 0.2) is 44.0 Å². The second-order valence-electron chi connectivity index (χ2n) is 7.48. The molecule has 11 nitrogen and oxygen atoms in total. The van der Waals surface area contributed by atoms with Gasteiger partial charge in [0.05, 0.1) is 12.0 Å². The number of benzene rings is 2. The van der Waals surface area contributed by atoms with E-state index in [2.05, 4.69) is 0 Å². The molecular formula is C21H18O11. The van der Waals surface area contributed by atoms with Crippen molar-refractivity contribution in [3.05, 3.63) is 40.8 Å². The summed E-state index contributed by atoms with van der Waals surface area (Å²) >= 11 is 0. The molecule has 0 unspecified atom stereocenters. The lowest BCUT2D eigenvalue weighted by Crippen LogP contribution is -2.60. The van der Waals surface area contributed by atoms with Crippen molar-refractivity contribution in [2.75, 3.05) is 6.61 Å². The van der Waals surface area contributed by atoms with Crippen LogP contribution in [0.3, 0.4) is 0 Å². The zero-order chi connectivity index (χ0) is 22.7. The molecular weight excluding hydrogens is 428 g/mol. The molecule has 1 fully saturated rings. The van der Waals surface area contributed by atoms with Gasteiger partial charge in [0.25, 0.3) is 0 Å². The monoisotopic (exact) mass is 446 g/mol. The van der Waals surface area contributed by atoms with E-state index in [-0.39, 0.29) is 33.3 Å².